The topological polar surface area (TPSA) is 104 Å². The number of nitrogens with zero attached hydrogens (tertiary/aromatic N) is 4. The van der Waals surface area contributed by atoms with E-state index in [9.17, 15) is 9.90 Å². The average Bonchev–Trinajstić information content (AvgIpc) is 3.25. The second-order valence-corrected chi connectivity index (χ2v) is 9.94. The smallest absolute Gasteiger partial charge is 0.241 e. The van der Waals surface area contributed by atoms with Crippen molar-refractivity contribution < 1.29 is 14.4 Å². The van der Waals surface area contributed by atoms with E-state index in [0.717, 1.165) is 18.7 Å². The van der Waals surface area contributed by atoms with Crippen LogP contribution >= 0.6 is 0 Å². The number of benzene rings is 1. The van der Waals surface area contributed by atoms with Crippen LogP contribution in [0.4, 0.5) is 0 Å². The minimum atomic E-state index is -1.25. The third-order valence-corrected chi connectivity index (χ3v) is 7.06. The highest BCUT2D eigenvalue weighted by Crippen LogP contribution is 2.50. The molecule has 4 heterocycles. The Morgan fingerprint density at radius 3 is 2.52 bits per heavy atom. The van der Waals surface area contributed by atoms with Gasteiger partial charge in [-0.05, 0) is 30.2 Å². The summed E-state index contributed by atoms with van der Waals surface area (Å²) in [6.07, 6.45) is 3.36. The molecule has 2 N–H and O–H groups in total. The lowest BCUT2D eigenvalue weighted by Crippen LogP contribution is -2.63. The highest BCUT2D eigenvalue weighted by Gasteiger charge is 2.55. The Hall–Kier alpha value is -3.10. The van der Waals surface area contributed by atoms with Gasteiger partial charge in [-0.1, -0.05) is 50.2 Å². The maximum Gasteiger partial charge on any atom is 0.241 e. The van der Waals surface area contributed by atoms with Gasteiger partial charge in [0.05, 0.1) is 0 Å². The molecule has 8 heteroatoms. The molecule has 8 nitrogen and oxygen atoms in total. The fraction of sp³-hybridized carbons (Fsp3) is 0.440. The van der Waals surface area contributed by atoms with Crippen LogP contribution in [-0.4, -0.2) is 57.7 Å². The molecule has 2 aliphatic heterocycles. The van der Waals surface area contributed by atoms with Gasteiger partial charge in [0.25, 0.3) is 0 Å². The van der Waals surface area contributed by atoms with Crippen molar-refractivity contribution in [3.8, 4) is 11.4 Å². The summed E-state index contributed by atoms with van der Waals surface area (Å²) in [5, 5.41) is 19.1. The molecule has 0 spiro atoms. The molecular formula is C25H29N5O3. The highest BCUT2D eigenvalue weighted by atomic mass is 16.5. The van der Waals surface area contributed by atoms with E-state index in [1.54, 1.807) is 12.4 Å². The lowest BCUT2D eigenvalue weighted by atomic mass is 9.62. The number of nitrogens with one attached hydrogen (secondary N) is 1. The van der Waals surface area contributed by atoms with Crippen LogP contribution in [-0.2, 0) is 10.4 Å². The highest BCUT2D eigenvalue weighted by molar-refractivity contribution is 5.88. The van der Waals surface area contributed by atoms with E-state index < -0.39 is 16.9 Å². The fourth-order valence-electron chi connectivity index (χ4n) is 5.09. The molecule has 0 aliphatic carbocycles. The number of hydrogen-bond donors (Lipinski definition) is 2. The van der Waals surface area contributed by atoms with Crippen molar-refractivity contribution in [1.29, 1.82) is 0 Å². The van der Waals surface area contributed by atoms with Gasteiger partial charge in [-0.15, -0.1) is 0 Å². The molecular weight excluding hydrogens is 418 g/mol. The Balaban J connectivity index is 1.56. The molecule has 172 valence electrons. The first-order chi connectivity index (χ1) is 15.7. The molecule has 2 atom stereocenters. The van der Waals surface area contributed by atoms with Gasteiger partial charge in [-0.2, -0.15) is 4.98 Å². The number of β-lactam (4-membered cyclic amide) rings is 1. The lowest BCUT2D eigenvalue weighted by molar-refractivity contribution is -0.128. The molecule has 0 bridgehead atoms. The molecule has 0 unspecified atom stereocenters. The van der Waals surface area contributed by atoms with E-state index in [1.165, 1.54) is 5.56 Å². The Morgan fingerprint density at radius 1 is 1.21 bits per heavy atom. The second-order valence-electron chi connectivity index (χ2n) is 9.94. The summed E-state index contributed by atoms with van der Waals surface area (Å²) >= 11 is 0. The molecule has 2 saturated heterocycles. The van der Waals surface area contributed by atoms with Gasteiger partial charge in [-0.3, -0.25) is 9.78 Å². The van der Waals surface area contributed by atoms with Crippen LogP contribution in [0.3, 0.4) is 0 Å². The van der Waals surface area contributed by atoms with Crippen molar-refractivity contribution in [2.24, 2.45) is 5.41 Å². The first-order valence-corrected chi connectivity index (χ1v) is 11.3. The van der Waals surface area contributed by atoms with Crippen LogP contribution in [0.5, 0.6) is 0 Å². The summed E-state index contributed by atoms with van der Waals surface area (Å²) in [4.78, 5) is 22.7. The maximum atomic E-state index is 12.3. The Kier molecular flexibility index (Phi) is 5.10. The Bertz CT molecular complexity index is 1180. The van der Waals surface area contributed by atoms with Gasteiger partial charge in [0.2, 0.25) is 17.6 Å². The summed E-state index contributed by atoms with van der Waals surface area (Å²) in [6, 6.07) is 10.1. The number of rotatable bonds is 6. The molecule has 5 rings (SSSR count). The quantitative estimate of drug-likeness (QED) is 0.560. The first kappa shape index (κ1) is 21.7. The largest absolute Gasteiger partial charge is 0.380 e. The summed E-state index contributed by atoms with van der Waals surface area (Å²) in [5.74, 6) is 0.549. The van der Waals surface area contributed by atoms with Crippen molar-refractivity contribution in [2.75, 3.05) is 26.7 Å². The molecule has 2 aromatic heterocycles. The van der Waals surface area contributed by atoms with E-state index in [2.05, 4.69) is 65.3 Å². The standard InChI is InChI=1S/C25H29N5O3/c1-15(2)16-5-7-18(8-6-16)25(32,24(3)13-30(4)14-24)19-9-17(10-26-11-19)21-28-23(33-29-21)20-12-27-22(20)31/h5-11,15,20,32H,12-14H2,1-4H3,(H,27,31)/t20-,25+/m1/s1. The van der Waals surface area contributed by atoms with Crippen LogP contribution in [0.25, 0.3) is 11.4 Å². The number of aromatic nitrogens is 3. The second kappa shape index (κ2) is 7.74. The molecule has 0 saturated carbocycles. The molecule has 0 radical (unpaired) electrons. The van der Waals surface area contributed by atoms with E-state index in [-0.39, 0.29) is 5.91 Å². The molecule has 33 heavy (non-hydrogen) atoms. The van der Waals surface area contributed by atoms with Crippen LogP contribution in [0.1, 0.15) is 55.2 Å². The zero-order valence-corrected chi connectivity index (χ0v) is 19.4. The average molecular weight is 448 g/mol. The Morgan fingerprint density at radius 2 is 1.94 bits per heavy atom. The van der Waals surface area contributed by atoms with E-state index in [0.29, 0.717) is 35.3 Å². The number of pyridine rings is 1. The minimum absolute atomic E-state index is 0.113. The minimum Gasteiger partial charge on any atom is -0.380 e. The van der Waals surface area contributed by atoms with Gasteiger partial charge in [0, 0.05) is 48.6 Å². The molecule has 3 aromatic rings. The van der Waals surface area contributed by atoms with E-state index in [4.69, 9.17) is 4.52 Å². The normalized spacial score (nSPS) is 21.8. The summed E-state index contributed by atoms with van der Waals surface area (Å²) in [7, 11) is 2.05. The molecule has 1 amide bonds. The van der Waals surface area contributed by atoms with Gasteiger partial charge in [0.15, 0.2) is 0 Å². The maximum absolute atomic E-state index is 12.3. The molecule has 2 fully saturated rings. The van der Waals surface area contributed by atoms with Crippen molar-refractivity contribution in [3.05, 3.63) is 65.3 Å². The molecule has 1 aromatic carbocycles. The number of hydrogen-bond acceptors (Lipinski definition) is 7. The third-order valence-electron chi connectivity index (χ3n) is 7.06. The van der Waals surface area contributed by atoms with Gasteiger partial charge < -0.3 is 19.8 Å². The number of carbonyl (C=O) groups is 1. The predicted molar refractivity (Wildman–Crippen MR) is 122 cm³/mol. The van der Waals surface area contributed by atoms with Crippen molar-refractivity contribution in [3.63, 3.8) is 0 Å². The third kappa shape index (κ3) is 3.45. The molecule has 2 aliphatic rings. The van der Waals surface area contributed by atoms with Crippen LogP contribution in [0.15, 0.2) is 47.2 Å². The van der Waals surface area contributed by atoms with E-state index in [1.807, 2.05) is 18.2 Å². The fourth-order valence-corrected chi connectivity index (χ4v) is 5.09. The van der Waals surface area contributed by atoms with Crippen molar-refractivity contribution >= 4 is 5.91 Å². The van der Waals surface area contributed by atoms with Gasteiger partial charge in [0.1, 0.15) is 11.5 Å². The predicted octanol–water partition coefficient (Wildman–Crippen LogP) is 2.66. The van der Waals surface area contributed by atoms with Gasteiger partial charge in [-0.25, -0.2) is 0 Å². The van der Waals surface area contributed by atoms with E-state index >= 15 is 0 Å². The monoisotopic (exact) mass is 447 g/mol. The summed E-state index contributed by atoms with van der Waals surface area (Å²) in [6.45, 7) is 8.42. The lowest BCUT2D eigenvalue weighted by Gasteiger charge is -2.55. The van der Waals surface area contributed by atoms with Crippen LogP contribution in [0, 0.1) is 5.41 Å². The van der Waals surface area contributed by atoms with Crippen LogP contribution < -0.4 is 5.32 Å². The van der Waals surface area contributed by atoms with Crippen molar-refractivity contribution in [2.45, 2.75) is 38.2 Å². The zero-order chi connectivity index (χ0) is 23.4. The number of amides is 1. The zero-order valence-electron chi connectivity index (χ0n) is 19.4. The number of aliphatic hydroxyl groups is 1. The summed E-state index contributed by atoms with van der Waals surface area (Å²) < 4.78 is 5.33. The van der Waals surface area contributed by atoms with Crippen LogP contribution in [0.2, 0.25) is 0 Å². The van der Waals surface area contributed by atoms with Crippen molar-refractivity contribution in [1.82, 2.24) is 25.3 Å². The van der Waals surface area contributed by atoms with Gasteiger partial charge >= 0.3 is 0 Å². The summed E-state index contributed by atoms with van der Waals surface area (Å²) in [5.41, 5.74) is 1.73. The first-order valence-electron chi connectivity index (χ1n) is 11.3. The number of carbonyl (C=O) groups excluding carboxylic acids is 1. The number of likely N-dealkylation sites (tertiary alicyclic amines) is 1. The SMILES string of the molecule is CC(C)c1ccc([C@](O)(c2cncc(-c3noc([C@@H]4CNC4=O)n3)c2)C2(C)CN(C)C2)cc1. The Labute approximate surface area is 193 Å².